The molecule has 0 heterocycles. The van der Waals surface area contributed by atoms with Crippen LogP contribution in [-0.2, 0) is 9.59 Å². The van der Waals surface area contributed by atoms with Crippen LogP contribution in [0.25, 0.3) is 0 Å². The number of ether oxygens (including phenoxy) is 1. The highest BCUT2D eigenvalue weighted by Gasteiger charge is 2.22. The molecule has 2 amide bonds. The van der Waals surface area contributed by atoms with E-state index in [-0.39, 0.29) is 12.3 Å². The molecule has 0 saturated heterocycles. The van der Waals surface area contributed by atoms with Crippen LogP contribution >= 0.6 is 11.8 Å². The Labute approximate surface area is 160 Å². The number of para-hydroxylation sites is 1. The lowest BCUT2D eigenvalue weighted by atomic mass is 10.2. The Hall–Kier alpha value is -2.61. The number of nitrogens with one attached hydrogen (secondary N) is 2. The third-order valence-electron chi connectivity index (χ3n) is 3.56. The van der Waals surface area contributed by atoms with Gasteiger partial charge in [-0.15, -0.1) is 0 Å². The van der Waals surface area contributed by atoms with Gasteiger partial charge in [0.2, 0.25) is 5.91 Å². The maximum atomic E-state index is 13.7. The molecule has 144 valence electrons. The summed E-state index contributed by atoms with van der Waals surface area (Å²) in [5, 5.41) is 4.97. The van der Waals surface area contributed by atoms with Gasteiger partial charge in [0, 0.05) is 6.07 Å². The van der Waals surface area contributed by atoms with E-state index in [0.717, 1.165) is 12.1 Å². The van der Waals surface area contributed by atoms with Crippen LogP contribution in [0.3, 0.4) is 0 Å². The summed E-state index contributed by atoms with van der Waals surface area (Å²) in [4.78, 5) is 24.5. The average Bonchev–Trinajstić information content (AvgIpc) is 2.66. The van der Waals surface area contributed by atoms with Crippen molar-refractivity contribution in [3.05, 3.63) is 60.2 Å². The van der Waals surface area contributed by atoms with E-state index in [4.69, 9.17) is 4.74 Å². The summed E-state index contributed by atoms with van der Waals surface area (Å²) >= 11 is 1.51. The smallest absolute Gasteiger partial charge is 0.258 e. The van der Waals surface area contributed by atoms with Gasteiger partial charge >= 0.3 is 0 Å². The van der Waals surface area contributed by atoms with Crippen LogP contribution < -0.4 is 15.4 Å². The molecule has 0 fully saturated rings. The van der Waals surface area contributed by atoms with E-state index in [9.17, 15) is 18.4 Å². The maximum Gasteiger partial charge on any atom is 0.258 e. The number of carbonyl (C=O) groups is 2. The van der Waals surface area contributed by atoms with Crippen LogP contribution in [0, 0.1) is 11.6 Å². The third-order valence-corrected chi connectivity index (χ3v) is 4.21. The molecule has 8 heteroatoms. The van der Waals surface area contributed by atoms with E-state index in [1.807, 2.05) is 12.3 Å². The number of halogens is 2. The van der Waals surface area contributed by atoms with Gasteiger partial charge in [0.05, 0.1) is 5.69 Å². The first-order valence-corrected chi connectivity index (χ1v) is 9.61. The Kier molecular flexibility index (Phi) is 8.06. The topological polar surface area (TPSA) is 67.4 Å². The molecule has 0 aliphatic rings. The fraction of sp³-hybridized carbons (Fsp3) is 0.263. The highest BCUT2D eigenvalue weighted by Crippen LogP contribution is 2.16. The molecule has 2 aromatic carbocycles. The van der Waals surface area contributed by atoms with Gasteiger partial charge in [-0.3, -0.25) is 9.59 Å². The molecule has 0 aliphatic carbocycles. The first-order valence-electron chi connectivity index (χ1n) is 8.21. The summed E-state index contributed by atoms with van der Waals surface area (Å²) in [5.41, 5.74) is -0.148. The van der Waals surface area contributed by atoms with Crippen LogP contribution in [0.1, 0.15) is 6.42 Å². The lowest BCUT2D eigenvalue weighted by Gasteiger charge is -2.18. The molecule has 0 spiro atoms. The zero-order chi connectivity index (χ0) is 19.6. The van der Waals surface area contributed by atoms with Gasteiger partial charge in [-0.25, -0.2) is 8.78 Å². The number of hydrogen-bond acceptors (Lipinski definition) is 4. The first-order chi connectivity index (χ1) is 13.0. The quantitative estimate of drug-likeness (QED) is 0.685. The standard InChI is InChI=1S/C19H20F2N2O3S/c1-27-10-9-17(19(25)23-16-8-7-13(20)11-15(16)21)22-18(24)12-26-14-5-3-2-4-6-14/h2-8,11,17H,9-10,12H2,1H3,(H,22,24)(H,23,25)/t17-/m0/s1. The minimum absolute atomic E-state index is 0.148. The molecule has 2 N–H and O–H groups in total. The molecule has 0 saturated carbocycles. The molecule has 5 nitrogen and oxygen atoms in total. The van der Waals surface area contributed by atoms with Crippen molar-refractivity contribution in [3.63, 3.8) is 0 Å². The molecule has 0 radical (unpaired) electrons. The molecule has 0 bridgehead atoms. The first kappa shape index (κ1) is 20.7. The minimum Gasteiger partial charge on any atom is -0.484 e. The summed E-state index contributed by atoms with van der Waals surface area (Å²) in [6.07, 6.45) is 2.22. The van der Waals surface area contributed by atoms with Gasteiger partial charge in [-0.1, -0.05) is 18.2 Å². The van der Waals surface area contributed by atoms with Crippen LogP contribution in [0.4, 0.5) is 14.5 Å². The van der Waals surface area contributed by atoms with E-state index < -0.39 is 29.5 Å². The summed E-state index contributed by atoms with van der Waals surface area (Å²) in [7, 11) is 0. The zero-order valence-corrected chi connectivity index (χ0v) is 15.5. The fourth-order valence-electron chi connectivity index (χ4n) is 2.22. The molecular weight excluding hydrogens is 374 g/mol. The highest BCUT2D eigenvalue weighted by molar-refractivity contribution is 7.98. The van der Waals surface area contributed by atoms with Gasteiger partial charge in [-0.2, -0.15) is 11.8 Å². The third kappa shape index (κ3) is 6.90. The van der Waals surface area contributed by atoms with Crippen molar-refractivity contribution < 1.29 is 23.1 Å². The van der Waals surface area contributed by atoms with Crippen molar-refractivity contribution in [2.24, 2.45) is 0 Å². The molecule has 0 aromatic heterocycles. The predicted molar refractivity (Wildman–Crippen MR) is 102 cm³/mol. The number of benzene rings is 2. The molecule has 1 atom stereocenters. The average molecular weight is 394 g/mol. The number of rotatable bonds is 9. The summed E-state index contributed by atoms with van der Waals surface area (Å²) < 4.78 is 32.1. The van der Waals surface area contributed by atoms with Crippen LogP contribution in [0.15, 0.2) is 48.5 Å². The summed E-state index contributed by atoms with van der Waals surface area (Å²) in [5.74, 6) is -1.53. The fourth-order valence-corrected chi connectivity index (χ4v) is 2.69. The van der Waals surface area contributed by atoms with Gasteiger partial charge < -0.3 is 15.4 Å². The van der Waals surface area contributed by atoms with Crippen molar-refractivity contribution >= 4 is 29.3 Å². The van der Waals surface area contributed by atoms with Crippen LogP contribution in [0.5, 0.6) is 5.75 Å². The van der Waals surface area contributed by atoms with Crippen molar-refractivity contribution in [1.82, 2.24) is 5.32 Å². The predicted octanol–water partition coefficient (Wildman–Crippen LogP) is 3.22. The SMILES string of the molecule is CSCC[C@H](NC(=O)COc1ccccc1)C(=O)Nc1ccc(F)cc1F. The monoisotopic (exact) mass is 394 g/mol. The van der Waals surface area contributed by atoms with E-state index in [0.29, 0.717) is 24.0 Å². The number of anilines is 1. The second-order valence-electron chi connectivity index (χ2n) is 5.62. The second-order valence-corrected chi connectivity index (χ2v) is 6.60. The molecule has 27 heavy (non-hydrogen) atoms. The van der Waals surface area contributed by atoms with E-state index in [1.165, 1.54) is 11.8 Å². The van der Waals surface area contributed by atoms with Crippen molar-refractivity contribution in [1.29, 1.82) is 0 Å². The Morgan fingerprint density at radius 1 is 1.15 bits per heavy atom. The Bertz CT molecular complexity index is 775. The molecule has 2 aromatic rings. The molecule has 0 unspecified atom stereocenters. The highest BCUT2D eigenvalue weighted by atomic mass is 32.2. The van der Waals surface area contributed by atoms with Crippen molar-refractivity contribution in [2.75, 3.05) is 23.9 Å². The lowest BCUT2D eigenvalue weighted by Crippen LogP contribution is -2.46. The second kappa shape index (κ2) is 10.5. The molecular formula is C19H20F2N2O3S. The Balaban J connectivity index is 1.96. The van der Waals surface area contributed by atoms with Crippen LogP contribution in [0.2, 0.25) is 0 Å². The Morgan fingerprint density at radius 2 is 1.89 bits per heavy atom. The van der Waals surface area contributed by atoms with E-state index in [1.54, 1.807) is 24.3 Å². The zero-order valence-electron chi connectivity index (χ0n) is 14.7. The normalized spacial score (nSPS) is 11.5. The van der Waals surface area contributed by atoms with Crippen molar-refractivity contribution in [3.8, 4) is 5.75 Å². The van der Waals surface area contributed by atoms with E-state index in [2.05, 4.69) is 10.6 Å². The van der Waals surface area contributed by atoms with Gasteiger partial charge in [0.15, 0.2) is 6.61 Å². The van der Waals surface area contributed by atoms with Crippen LogP contribution in [-0.4, -0.2) is 36.5 Å². The van der Waals surface area contributed by atoms with Crippen molar-refractivity contribution in [2.45, 2.75) is 12.5 Å². The number of thioether (sulfide) groups is 1. The largest absolute Gasteiger partial charge is 0.484 e. The molecule has 2 rings (SSSR count). The minimum atomic E-state index is -0.884. The van der Waals surface area contributed by atoms with E-state index >= 15 is 0 Å². The number of carbonyl (C=O) groups excluding carboxylic acids is 2. The Morgan fingerprint density at radius 3 is 2.56 bits per heavy atom. The summed E-state index contributed by atoms with van der Waals surface area (Å²) in [6, 6.07) is 10.8. The lowest BCUT2D eigenvalue weighted by molar-refractivity contribution is -0.127. The van der Waals surface area contributed by atoms with Gasteiger partial charge in [0.1, 0.15) is 23.4 Å². The number of amides is 2. The van der Waals surface area contributed by atoms with Gasteiger partial charge in [-0.05, 0) is 42.7 Å². The van der Waals surface area contributed by atoms with Gasteiger partial charge in [0.25, 0.3) is 5.91 Å². The number of hydrogen-bond donors (Lipinski definition) is 2. The molecule has 0 aliphatic heterocycles. The maximum absolute atomic E-state index is 13.7. The summed E-state index contributed by atoms with van der Waals surface area (Å²) in [6.45, 7) is -0.252.